The quantitative estimate of drug-likeness (QED) is 0.692. The normalized spacial score (nSPS) is 10.7. The number of fused-ring (bicyclic) bond motifs is 1. The van der Waals surface area contributed by atoms with Crippen LogP contribution in [-0.2, 0) is 0 Å². The van der Waals surface area contributed by atoms with Gasteiger partial charge in [0, 0.05) is 21.1 Å². The third-order valence-electron chi connectivity index (χ3n) is 4.25. The number of pyridine rings is 1. The van der Waals surface area contributed by atoms with E-state index in [1.165, 1.54) is 0 Å². The number of methoxy groups -OCH3 is 1. The van der Waals surface area contributed by atoms with Gasteiger partial charge in [0.1, 0.15) is 5.75 Å². The molecule has 0 radical (unpaired) electrons. The lowest BCUT2D eigenvalue weighted by atomic mass is 10.1. The number of nitrogens with one attached hydrogen (secondary N) is 2. The second-order valence-electron chi connectivity index (χ2n) is 5.76. The molecule has 0 saturated heterocycles. The van der Waals surface area contributed by atoms with Gasteiger partial charge in [-0.15, -0.1) is 0 Å². The largest absolute Gasteiger partial charge is 0.497 e. The monoisotopic (exact) mass is 400 g/mol. The van der Waals surface area contributed by atoms with Gasteiger partial charge in [0.05, 0.1) is 18.2 Å². The lowest BCUT2D eigenvalue weighted by molar-refractivity contribution is 0.102. The number of carbonyl (C=O) groups is 1. The van der Waals surface area contributed by atoms with Crippen molar-refractivity contribution in [2.45, 2.75) is 13.8 Å². The molecule has 3 rings (SSSR count). The van der Waals surface area contributed by atoms with Gasteiger partial charge in [0.25, 0.3) is 11.5 Å². The SMILES string of the molecule is COc1ccc(Br)c(C(=O)Nc2ccc3c(C)c(C)c(=O)[nH]c3c2)c1. The van der Waals surface area contributed by atoms with Crippen LogP contribution in [-0.4, -0.2) is 18.0 Å². The van der Waals surface area contributed by atoms with Gasteiger partial charge >= 0.3 is 0 Å². The molecule has 0 aliphatic rings. The number of benzene rings is 2. The second-order valence-corrected chi connectivity index (χ2v) is 6.62. The first kappa shape index (κ1) is 17.2. The summed E-state index contributed by atoms with van der Waals surface area (Å²) in [4.78, 5) is 27.4. The molecule has 0 fully saturated rings. The minimum Gasteiger partial charge on any atom is -0.497 e. The number of carbonyl (C=O) groups excluding carboxylic acids is 1. The van der Waals surface area contributed by atoms with Crippen LogP contribution in [0.2, 0.25) is 0 Å². The first-order valence-electron chi connectivity index (χ1n) is 7.69. The molecule has 0 unspecified atom stereocenters. The van der Waals surface area contributed by atoms with E-state index in [0.717, 1.165) is 10.9 Å². The molecule has 2 aromatic carbocycles. The molecule has 0 aliphatic heterocycles. The summed E-state index contributed by atoms with van der Waals surface area (Å²) < 4.78 is 5.84. The number of hydrogen-bond acceptors (Lipinski definition) is 3. The van der Waals surface area contributed by atoms with Crippen LogP contribution in [0.3, 0.4) is 0 Å². The molecule has 128 valence electrons. The average Bonchev–Trinajstić information content (AvgIpc) is 2.60. The molecule has 6 heteroatoms. The number of H-pyrrole nitrogens is 1. The fraction of sp³-hybridized carbons (Fsp3) is 0.158. The summed E-state index contributed by atoms with van der Waals surface area (Å²) in [5.74, 6) is 0.332. The van der Waals surface area contributed by atoms with Crippen LogP contribution in [0.1, 0.15) is 21.5 Å². The van der Waals surface area contributed by atoms with E-state index in [1.807, 2.05) is 19.1 Å². The minimum atomic E-state index is -0.267. The van der Waals surface area contributed by atoms with E-state index in [4.69, 9.17) is 4.74 Å². The molecule has 0 bridgehead atoms. The van der Waals surface area contributed by atoms with Crippen LogP contribution < -0.4 is 15.6 Å². The topological polar surface area (TPSA) is 71.2 Å². The van der Waals surface area contributed by atoms with E-state index in [9.17, 15) is 9.59 Å². The maximum absolute atomic E-state index is 12.6. The molecule has 0 saturated carbocycles. The molecule has 0 aliphatic carbocycles. The summed E-state index contributed by atoms with van der Waals surface area (Å²) in [5.41, 5.74) is 3.27. The molecule has 0 spiro atoms. The fourth-order valence-corrected chi connectivity index (χ4v) is 3.07. The Bertz CT molecular complexity index is 1040. The third kappa shape index (κ3) is 3.30. The van der Waals surface area contributed by atoms with Gasteiger partial charge < -0.3 is 15.0 Å². The summed E-state index contributed by atoms with van der Waals surface area (Å²) in [6, 6.07) is 10.7. The van der Waals surface area contributed by atoms with Crippen molar-refractivity contribution in [3.05, 3.63) is 67.9 Å². The molecule has 3 aromatic rings. The van der Waals surface area contributed by atoms with Crippen molar-refractivity contribution in [2.24, 2.45) is 0 Å². The van der Waals surface area contributed by atoms with Crippen molar-refractivity contribution in [1.29, 1.82) is 0 Å². The number of halogens is 1. The number of ether oxygens (including phenoxy) is 1. The Morgan fingerprint density at radius 2 is 1.88 bits per heavy atom. The number of rotatable bonds is 3. The zero-order chi connectivity index (χ0) is 18.1. The molecule has 0 atom stereocenters. The van der Waals surface area contributed by atoms with Gasteiger partial charge in [-0.1, -0.05) is 6.07 Å². The van der Waals surface area contributed by atoms with Gasteiger partial charge in [-0.25, -0.2) is 0 Å². The summed E-state index contributed by atoms with van der Waals surface area (Å²) in [5, 5.41) is 3.81. The van der Waals surface area contributed by atoms with Crippen LogP contribution in [0.25, 0.3) is 10.9 Å². The summed E-state index contributed by atoms with van der Waals surface area (Å²) in [6.45, 7) is 3.71. The van der Waals surface area contributed by atoms with E-state index < -0.39 is 0 Å². The molecule has 2 N–H and O–H groups in total. The number of aromatic nitrogens is 1. The van der Waals surface area contributed by atoms with Crippen LogP contribution in [0.5, 0.6) is 5.75 Å². The first-order valence-corrected chi connectivity index (χ1v) is 8.48. The Balaban J connectivity index is 1.97. The second kappa shape index (κ2) is 6.72. The molecular formula is C19H17BrN2O3. The van der Waals surface area contributed by atoms with Gasteiger partial charge in [-0.05, 0) is 65.7 Å². The smallest absolute Gasteiger partial charge is 0.256 e. The lowest BCUT2D eigenvalue weighted by Crippen LogP contribution is -2.14. The average molecular weight is 401 g/mol. The molecule has 25 heavy (non-hydrogen) atoms. The molecule has 1 heterocycles. The van der Waals surface area contributed by atoms with Crippen molar-refractivity contribution in [3.8, 4) is 5.75 Å². The van der Waals surface area contributed by atoms with E-state index >= 15 is 0 Å². The Hall–Kier alpha value is -2.60. The summed E-state index contributed by atoms with van der Waals surface area (Å²) >= 11 is 3.38. The Kier molecular flexibility index (Phi) is 4.63. The maximum Gasteiger partial charge on any atom is 0.256 e. The first-order chi connectivity index (χ1) is 11.9. The molecule has 5 nitrogen and oxygen atoms in total. The van der Waals surface area contributed by atoms with Crippen LogP contribution in [0.15, 0.2) is 45.7 Å². The minimum absolute atomic E-state index is 0.121. The highest BCUT2D eigenvalue weighted by atomic mass is 79.9. The predicted octanol–water partition coefficient (Wildman–Crippen LogP) is 4.17. The summed E-state index contributed by atoms with van der Waals surface area (Å²) in [6.07, 6.45) is 0. The van der Waals surface area contributed by atoms with Crippen molar-refractivity contribution >= 4 is 38.4 Å². The highest BCUT2D eigenvalue weighted by Crippen LogP contribution is 2.25. The van der Waals surface area contributed by atoms with Crippen molar-refractivity contribution < 1.29 is 9.53 Å². The van der Waals surface area contributed by atoms with Crippen molar-refractivity contribution in [1.82, 2.24) is 4.98 Å². The lowest BCUT2D eigenvalue weighted by Gasteiger charge is -2.11. The van der Waals surface area contributed by atoms with E-state index in [0.29, 0.717) is 32.6 Å². The molecule has 1 amide bonds. The van der Waals surface area contributed by atoms with E-state index in [-0.39, 0.29) is 11.5 Å². The molecular weight excluding hydrogens is 384 g/mol. The number of amides is 1. The van der Waals surface area contributed by atoms with Crippen LogP contribution >= 0.6 is 15.9 Å². The van der Waals surface area contributed by atoms with Crippen LogP contribution in [0.4, 0.5) is 5.69 Å². The number of hydrogen-bond donors (Lipinski definition) is 2. The van der Waals surface area contributed by atoms with Crippen molar-refractivity contribution in [3.63, 3.8) is 0 Å². The Labute approximate surface area is 153 Å². The van der Waals surface area contributed by atoms with Gasteiger partial charge in [-0.3, -0.25) is 9.59 Å². The fourth-order valence-electron chi connectivity index (χ4n) is 2.64. The Morgan fingerprint density at radius 1 is 1.12 bits per heavy atom. The van der Waals surface area contributed by atoms with E-state index in [2.05, 4.69) is 26.2 Å². The predicted molar refractivity (Wildman–Crippen MR) is 103 cm³/mol. The zero-order valence-corrected chi connectivity index (χ0v) is 15.7. The zero-order valence-electron chi connectivity index (χ0n) is 14.1. The molecule has 1 aromatic heterocycles. The highest BCUT2D eigenvalue weighted by Gasteiger charge is 2.13. The summed E-state index contributed by atoms with van der Waals surface area (Å²) in [7, 11) is 1.55. The Morgan fingerprint density at radius 3 is 2.60 bits per heavy atom. The third-order valence-corrected chi connectivity index (χ3v) is 4.94. The van der Waals surface area contributed by atoms with Gasteiger partial charge in [0.15, 0.2) is 0 Å². The van der Waals surface area contributed by atoms with E-state index in [1.54, 1.807) is 38.3 Å². The van der Waals surface area contributed by atoms with Crippen LogP contribution in [0, 0.1) is 13.8 Å². The number of anilines is 1. The van der Waals surface area contributed by atoms with Crippen molar-refractivity contribution in [2.75, 3.05) is 12.4 Å². The number of aromatic amines is 1. The highest BCUT2D eigenvalue weighted by molar-refractivity contribution is 9.10. The maximum atomic E-state index is 12.6. The van der Waals surface area contributed by atoms with Gasteiger partial charge in [0.2, 0.25) is 0 Å². The number of aryl methyl sites for hydroxylation is 1. The van der Waals surface area contributed by atoms with Gasteiger partial charge in [-0.2, -0.15) is 0 Å². The standard InChI is InChI=1S/C19H17BrN2O3/c1-10-11(2)18(23)22-17-8-12(4-6-14(10)17)21-19(24)15-9-13(25-3)5-7-16(15)20/h4-9H,1-3H3,(H,21,24)(H,22,23).